The molecule has 0 fully saturated rings. The smallest absolute Gasteiger partial charge is 0.255 e. The van der Waals surface area contributed by atoms with Gasteiger partial charge in [-0.15, -0.1) is 0 Å². The number of carbonyl (C=O) groups is 1. The van der Waals surface area contributed by atoms with Crippen molar-refractivity contribution in [2.45, 2.75) is 25.8 Å². The average Bonchev–Trinajstić information content (AvgIpc) is 2.65. The van der Waals surface area contributed by atoms with Crippen LogP contribution in [-0.4, -0.2) is 26.7 Å². The van der Waals surface area contributed by atoms with Gasteiger partial charge in [-0.05, 0) is 29.2 Å². The molecule has 0 aromatic heterocycles. The van der Waals surface area contributed by atoms with Crippen molar-refractivity contribution < 1.29 is 14.3 Å². The molecule has 0 saturated carbocycles. The van der Waals surface area contributed by atoms with Crippen LogP contribution in [0.5, 0.6) is 11.5 Å². The quantitative estimate of drug-likeness (QED) is 0.810. The highest BCUT2D eigenvalue weighted by atomic mass is 16.5. The van der Waals surface area contributed by atoms with Gasteiger partial charge in [0.15, 0.2) is 0 Å². The van der Waals surface area contributed by atoms with E-state index < -0.39 is 0 Å². The lowest BCUT2D eigenvalue weighted by atomic mass is 9.99. The second kappa shape index (κ2) is 8.53. The van der Waals surface area contributed by atoms with Crippen molar-refractivity contribution in [1.29, 1.82) is 0 Å². The second-order valence-electron chi connectivity index (χ2n) is 6.20. The Morgan fingerprint density at radius 3 is 2.24 bits per heavy atom. The monoisotopic (exact) mass is 342 g/mol. The molecule has 25 heavy (non-hydrogen) atoms. The van der Waals surface area contributed by atoms with E-state index in [1.165, 1.54) is 12.7 Å². The number of ether oxygens (including phenoxy) is 2. The molecule has 0 spiro atoms. The minimum Gasteiger partial charge on any atom is -0.497 e. The van der Waals surface area contributed by atoms with E-state index >= 15 is 0 Å². The van der Waals surface area contributed by atoms with Gasteiger partial charge in [-0.25, -0.2) is 0 Å². The summed E-state index contributed by atoms with van der Waals surface area (Å²) >= 11 is 0. The molecular formula is C20H26N2O3. The summed E-state index contributed by atoms with van der Waals surface area (Å²) in [4.78, 5) is 12.4. The van der Waals surface area contributed by atoms with E-state index in [2.05, 4.69) is 31.3 Å². The van der Waals surface area contributed by atoms with Gasteiger partial charge in [0, 0.05) is 18.7 Å². The van der Waals surface area contributed by atoms with Crippen LogP contribution in [0.1, 0.15) is 47.3 Å². The van der Waals surface area contributed by atoms with Gasteiger partial charge in [0.1, 0.15) is 11.5 Å². The number of amides is 1. The van der Waals surface area contributed by atoms with Gasteiger partial charge >= 0.3 is 0 Å². The molecule has 1 atom stereocenters. The third-order valence-electron chi connectivity index (χ3n) is 4.17. The molecule has 0 heterocycles. The zero-order valence-electron chi connectivity index (χ0n) is 15.2. The van der Waals surface area contributed by atoms with Gasteiger partial charge in [-0.2, -0.15) is 0 Å². The van der Waals surface area contributed by atoms with E-state index in [0.29, 0.717) is 29.5 Å². The zero-order chi connectivity index (χ0) is 18.4. The number of methoxy groups -OCH3 is 2. The minimum atomic E-state index is -0.269. The van der Waals surface area contributed by atoms with E-state index in [9.17, 15) is 4.79 Å². The molecule has 5 heteroatoms. The molecule has 0 bridgehead atoms. The van der Waals surface area contributed by atoms with Crippen LogP contribution in [0.2, 0.25) is 0 Å². The Bertz CT molecular complexity index is 711. The fourth-order valence-corrected chi connectivity index (χ4v) is 2.53. The lowest BCUT2D eigenvalue weighted by molar-refractivity contribution is 0.0948. The maximum Gasteiger partial charge on any atom is 0.255 e. The molecule has 0 aliphatic rings. The second-order valence-corrected chi connectivity index (χ2v) is 6.20. The summed E-state index contributed by atoms with van der Waals surface area (Å²) in [6.45, 7) is 4.64. The first kappa shape index (κ1) is 18.8. The predicted octanol–water partition coefficient (Wildman–Crippen LogP) is 3.26. The fourth-order valence-electron chi connectivity index (χ4n) is 2.53. The van der Waals surface area contributed by atoms with Crippen LogP contribution in [0.3, 0.4) is 0 Å². The standard InChI is InChI=1S/C20H26N2O3/c1-13(2)14-5-7-15(8-6-14)18(21)12-22-20(23)17-10-9-16(24-3)11-19(17)25-4/h5-11,13,18H,12,21H2,1-4H3,(H,22,23). The largest absolute Gasteiger partial charge is 0.497 e. The molecule has 1 unspecified atom stereocenters. The van der Waals surface area contributed by atoms with Gasteiger partial charge in [-0.3, -0.25) is 4.79 Å². The molecule has 5 nitrogen and oxygen atoms in total. The van der Waals surface area contributed by atoms with Gasteiger partial charge in [0.2, 0.25) is 0 Å². The molecule has 2 aromatic rings. The van der Waals surface area contributed by atoms with Crippen molar-refractivity contribution in [3.05, 3.63) is 59.2 Å². The third kappa shape index (κ3) is 4.73. The zero-order valence-corrected chi connectivity index (χ0v) is 15.2. The Morgan fingerprint density at radius 1 is 1.04 bits per heavy atom. The van der Waals surface area contributed by atoms with Gasteiger partial charge < -0.3 is 20.5 Å². The van der Waals surface area contributed by atoms with E-state index in [-0.39, 0.29) is 11.9 Å². The number of benzene rings is 2. The van der Waals surface area contributed by atoms with Crippen LogP contribution < -0.4 is 20.5 Å². The normalized spacial score (nSPS) is 11.9. The molecule has 1 amide bonds. The number of nitrogens with two attached hydrogens (primary N) is 1. The topological polar surface area (TPSA) is 73.6 Å². The highest BCUT2D eigenvalue weighted by Gasteiger charge is 2.15. The highest BCUT2D eigenvalue weighted by molar-refractivity contribution is 5.97. The van der Waals surface area contributed by atoms with Crippen LogP contribution in [0.25, 0.3) is 0 Å². The number of nitrogens with one attached hydrogen (secondary N) is 1. The fraction of sp³-hybridized carbons (Fsp3) is 0.350. The molecule has 3 N–H and O–H groups in total. The number of rotatable bonds is 7. The Morgan fingerprint density at radius 2 is 1.68 bits per heavy atom. The SMILES string of the molecule is COc1ccc(C(=O)NCC(N)c2ccc(C(C)C)cc2)c(OC)c1. The molecule has 2 aromatic carbocycles. The van der Waals surface area contributed by atoms with E-state index in [1.54, 1.807) is 25.3 Å². The first-order valence-corrected chi connectivity index (χ1v) is 8.32. The van der Waals surface area contributed by atoms with Gasteiger partial charge in [0.25, 0.3) is 5.91 Å². The highest BCUT2D eigenvalue weighted by Crippen LogP contribution is 2.24. The summed E-state index contributed by atoms with van der Waals surface area (Å²) in [5, 5.41) is 2.86. The Balaban J connectivity index is 2.01. The Hall–Kier alpha value is -2.53. The van der Waals surface area contributed by atoms with Crippen LogP contribution in [-0.2, 0) is 0 Å². The molecule has 0 radical (unpaired) electrons. The lowest BCUT2D eigenvalue weighted by Crippen LogP contribution is -2.32. The molecule has 0 aliphatic heterocycles. The van der Waals surface area contributed by atoms with Crippen molar-refractivity contribution in [3.8, 4) is 11.5 Å². The van der Waals surface area contributed by atoms with E-state index in [1.807, 2.05) is 12.1 Å². The molecular weight excluding hydrogens is 316 g/mol. The summed E-state index contributed by atoms with van der Waals surface area (Å²) in [7, 11) is 3.09. The van der Waals surface area contributed by atoms with Gasteiger partial charge in [0.05, 0.1) is 19.8 Å². The first-order valence-electron chi connectivity index (χ1n) is 8.32. The maximum atomic E-state index is 12.4. The number of carbonyl (C=O) groups excluding carboxylic acids is 1. The average molecular weight is 342 g/mol. The van der Waals surface area contributed by atoms with E-state index in [4.69, 9.17) is 15.2 Å². The van der Waals surface area contributed by atoms with Gasteiger partial charge in [-0.1, -0.05) is 38.1 Å². The Labute approximate surface area is 149 Å². The molecule has 0 saturated heterocycles. The lowest BCUT2D eigenvalue weighted by Gasteiger charge is -2.16. The molecule has 134 valence electrons. The summed E-state index contributed by atoms with van der Waals surface area (Å²) in [6, 6.07) is 13.0. The van der Waals surface area contributed by atoms with Crippen molar-refractivity contribution >= 4 is 5.91 Å². The van der Waals surface area contributed by atoms with Crippen LogP contribution in [0, 0.1) is 0 Å². The summed E-state index contributed by atoms with van der Waals surface area (Å²) in [5.41, 5.74) is 8.91. The third-order valence-corrected chi connectivity index (χ3v) is 4.17. The summed E-state index contributed by atoms with van der Waals surface area (Å²) < 4.78 is 10.4. The van der Waals surface area contributed by atoms with Crippen LogP contribution >= 0.6 is 0 Å². The molecule has 0 aliphatic carbocycles. The van der Waals surface area contributed by atoms with Crippen LogP contribution in [0.4, 0.5) is 0 Å². The van der Waals surface area contributed by atoms with Crippen molar-refractivity contribution in [2.75, 3.05) is 20.8 Å². The van der Waals surface area contributed by atoms with Crippen LogP contribution in [0.15, 0.2) is 42.5 Å². The van der Waals surface area contributed by atoms with E-state index in [0.717, 1.165) is 5.56 Å². The predicted molar refractivity (Wildman–Crippen MR) is 99.3 cm³/mol. The minimum absolute atomic E-state index is 0.228. The Kier molecular flexibility index (Phi) is 6.42. The van der Waals surface area contributed by atoms with Crippen molar-refractivity contribution in [3.63, 3.8) is 0 Å². The maximum absolute atomic E-state index is 12.4. The summed E-state index contributed by atoms with van der Waals surface area (Å²) in [5.74, 6) is 1.35. The van der Waals surface area contributed by atoms with Crippen molar-refractivity contribution in [1.82, 2.24) is 5.32 Å². The summed E-state index contributed by atoms with van der Waals surface area (Å²) in [6.07, 6.45) is 0. The number of hydrogen-bond donors (Lipinski definition) is 2. The molecule has 2 rings (SSSR count). The number of hydrogen-bond acceptors (Lipinski definition) is 4. The first-order chi connectivity index (χ1) is 12.0. The van der Waals surface area contributed by atoms with Crippen molar-refractivity contribution in [2.24, 2.45) is 5.73 Å².